The SMILES string of the molecule is N=Cc1c(N)cc(Cl)cc1N1CCC(c2ccccc2)CC1. The average molecular weight is 314 g/mol. The molecule has 114 valence electrons. The Morgan fingerprint density at radius 2 is 1.82 bits per heavy atom. The Labute approximate surface area is 136 Å². The molecule has 1 aliphatic heterocycles. The first-order valence-electron chi connectivity index (χ1n) is 7.58. The second-order valence-electron chi connectivity index (χ2n) is 5.74. The molecule has 0 bridgehead atoms. The van der Waals surface area contributed by atoms with E-state index in [0.717, 1.165) is 37.2 Å². The number of piperidine rings is 1. The van der Waals surface area contributed by atoms with Gasteiger partial charge in [0.15, 0.2) is 0 Å². The molecular weight excluding hydrogens is 294 g/mol. The van der Waals surface area contributed by atoms with E-state index in [9.17, 15) is 0 Å². The third-order valence-electron chi connectivity index (χ3n) is 4.41. The van der Waals surface area contributed by atoms with E-state index < -0.39 is 0 Å². The highest BCUT2D eigenvalue weighted by Gasteiger charge is 2.22. The molecule has 0 amide bonds. The molecule has 0 atom stereocenters. The van der Waals surface area contributed by atoms with Crippen molar-refractivity contribution < 1.29 is 0 Å². The Hall–Kier alpha value is -2.00. The number of benzene rings is 2. The predicted octanol–water partition coefficient (Wildman–Crippen LogP) is 4.30. The molecule has 2 aromatic rings. The van der Waals surface area contributed by atoms with Crippen LogP contribution in [0.3, 0.4) is 0 Å². The van der Waals surface area contributed by atoms with E-state index in [-0.39, 0.29) is 0 Å². The number of nitrogens with two attached hydrogens (primary N) is 1. The summed E-state index contributed by atoms with van der Waals surface area (Å²) < 4.78 is 0. The number of hydrogen-bond acceptors (Lipinski definition) is 3. The van der Waals surface area contributed by atoms with Gasteiger partial charge in [-0.2, -0.15) is 0 Å². The van der Waals surface area contributed by atoms with Crippen LogP contribution < -0.4 is 10.6 Å². The van der Waals surface area contributed by atoms with E-state index in [0.29, 0.717) is 16.6 Å². The van der Waals surface area contributed by atoms with Crippen LogP contribution in [0, 0.1) is 5.41 Å². The largest absolute Gasteiger partial charge is 0.398 e. The Kier molecular flexibility index (Phi) is 4.34. The lowest BCUT2D eigenvalue weighted by atomic mass is 9.89. The van der Waals surface area contributed by atoms with E-state index in [1.165, 1.54) is 11.8 Å². The van der Waals surface area contributed by atoms with Gasteiger partial charge in [-0.3, -0.25) is 0 Å². The number of nitrogens with zero attached hydrogens (tertiary/aromatic N) is 1. The molecule has 1 fully saturated rings. The summed E-state index contributed by atoms with van der Waals surface area (Å²) >= 11 is 6.14. The third kappa shape index (κ3) is 2.95. The highest BCUT2D eigenvalue weighted by atomic mass is 35.5. The Bertz CT molecular complexity index is 662. The maximum Gasteiger partial charge on any atom is 0.0491 e. The van der Waals surface area contributed by atoms with E-state index in [1.807, 2.05) is 6.07 Å². The smallest absolute Gasteiger partial charge is 0.0491 e. The van der Waals surface area contributed by atoms with Gasteiger partial charge in [0.1, 0.15) is 0 Å². The van der Waals surface area contributed by atoms with Crippen molar-refractivity contribution >= 4 is 29.2 Å². The van der Waals surface area contributed by atoms with Crippen molar-refractivity contribution in [3.05, 3.63) is 58.6 Å². The number of nitrogens with one attached hydrogen (secondary N) is 1. The monoisotopic (exact) mass is 313 g/mol. The number of rotatable bonds is 3. The highest BCUT2D eigenvalue weighted by molar-refractivity contribution is 6.31. The fourth-order valence-corrected chi connectivity index (χ4v) is 3.44. The van der Waals surface area contributed by atoms with Gasteiger partial charge in [-0.05, 0) is 36.5 Å². The number of hydrogen-bond donors (Lipinski definition) is 2. The first-order valence-corrected chi connectivity index (χ1v) is 7.96. The van der Waals surface area contributed by atoms with Gasteiger partial charge >= 0.3 is 0 Å². The second kappa shape index (κ2) is 6.41. The van der Waals surface area contributed by atoms with Gasteiger partial charge in [0.25, 0.3) is 0 Å². The summed E-state index contributed by atoms with van der Waals surface area (Å²) in [7, 11) is 0. The molecule has 0 aromatic heterocycles. The zero-order valence-corrected chi connectivity index (χ0v) is 13.2. The number of anilines is 2. The number of halogens is 1. The minimum Gasteiger partial charge on any atom is -0.398 e. The van der Waals surface area contributed by atoms with E-state index >= 15 is 0 Å². The lowest BCUT2D eigenvalue weighted by Crippen LogP contribution is -2.33. The van der Waals surface area contributed by atoms with Crippen LogP contribution in [0.4, 0.5) is 11.4 Å². The molecule has 3 N–H and O–H groups in total. The zero-order valence-electron chi connectivity index (χ0n) is 12.4. The van der Waals surface area contributed by atoms with Crippen molar-refractivity contribution in [1.29, 1.82) is 5.41 Å². The van der Waals surface area contributed by atoms with Crippen LogP contribution in [0.2, 0.25) is 5.02 Å². The summed E-state index contributed by atoms with van der Waals surface area (Å²) in [6.45, 7) is 1.92. The van der Waals surface area contributed by atoms with Crippen molar-refractivity contribution in [3.63, 3.8) is 0 Å². The lowest BCUT2D eigenvalue weighted by Gasteiger charge is -2.35. The predicted molar refractivity (Wildman–Crippen MR) is 94.4 cm³/mol. The van der Waals surface area contributed by atoms with Crippen LogP contribution in [0.5, 0.6) is 0 Å². The van der Waals surface area contributed by atoms with E-state index in [2.05, 4.69) is 35.2 Å². The van der Waals surface area contributed by atoms with Crippen molar-refractivity contribution in [2.24, 2.45) is 0 Å². The van der Waals surface area contributed by atoms with Gasteiger partial charge in [0.05, 0.1) is 0 Å². The average Bonchev–Trinajstić information content (AvgIpc) is 2.55. The second-order valence-corrected chi connectivity index (χ2v) is 6.18. The van der Waals surface area contributed by atoms with Gasteiger partial charge in [0, 0.05) is 41.3 Å². The van der Waals surface area contributed by atoms with Crippen LogP contribution in [-0.2, 0) is 0 Å². The molecule has 1 saturated heterocycles. The molecule has 1 aliphatic rings. The fourth-order valence-electron chi connectivity index (χ4n) is 3.22. The molecule has 0 unspecified atom stereocenters. The normalized spacial score (nSPS) is 15.8. The van der Waals surface area contributed by atoms with E-state index in [1.54, 1.807) is 6.07 Å². The van der Waals surface area contributed by atoms with Crippen LogP contribution in [0.15, 0.2) is 42.5 Å². The molecule has 0 radical (unpaired) electrons. The molecular formula is C18H20ClN3. The Balaban J connectivity index is 1.78. The minimum atomic E-state index is 0.572. The molecule has 0 aliphatic carbocycles. The van der Waals surface area contributed by atoms with Gasteiger partial charge in [0.2, 0.25) is 0 Å². The molecule has 0 spiro atoms. The molecule has 1 heterocycles. The maximum absolute atomic E-state index is 7.61. The molecule has 22 heavy (non-hydrogen) atoms. The van der Waals surface area contributed by atoms with Crippen molar-refractivity contribution in [1.82, 2.24) is 0 Å². The Morgan fingerprint density at radius 1 is 1.14 bits per heavy atom. The van der Waals surface area contributed by atoms with Crippen LogP contribution in [-0.4, -0.2) is 19.3 Å². The first-order chi connectivity index (χ1) is 10.7. The summed E-state index contributed by atoms with van der Waals surface area (Å²) in [6.07, 6.45) is 3.53. The standard InChI is InChI=1S/C18H20ClN3/c19-15-10-17(21)16(12-20)18(11-15)22-8-6-14(7-9-22)13-4-2-1-3-5-13/h1-5,10-12,14,20H,6-9,21H2. The van der Waals surface area contributed by atoms with Crippen LogP contribution >= 0.6 is 11.6 Å². The van der Waals surface area contributed by atoms with Crippen LogP contribution in [0.1, 0.15) is 29.9 Å². The summed E-state index contributed by atoms with van der Waals surface area (Å²) in [6, 6.07) is 14.3. The maximum atomic E-state index is 7.61. The topological polar surface area (TPSA) is 53.1 Å². The summed E-state index contributed by atoms with van der Waals surface area (Å²) in [5.74, 6) is 0.609. The molecule has 3 rings (SSSR count). The quantitative estimate of drug-likeness (QED) is 0.655. The van der Waals surface area contributed by atoms with Gasteiger partial charge in [-0.25, -0.2) is 0 Å². The zero-order chi connectivity index (χ0) is 15.5. The first kappa shape index (κ1) is 14.9. The molecule has 2 aromatic carbocycles. The van der Waals surface area contributed by atoms with Crippen molar-refractivity contribution in [2.45, 2.75) is 18.8 Å². The van der Waals surface area contributed by atoms with Gasteiger partial charge < -0.3 is 16.0 Å². The van der Waals surface area contributed by atoms with Crippen molar-refractivity contribution in [2.75, 3.05) is 23.7 Å². The van der Waals surface area contributed by atoms with Gasteiger partial charge in [-0.15, -0.1) is 0 Å². The number of nitrogen functional groups attached to an aromatic ring is 1. The fraction of sp³-hybridized carbons (Fsp3) is 0.278. The van der Waals surface area contributed by atoms with E-state index in [4.69, 9.17) is 22.7 Å². The minimum absolute atomic E-state index is 0.572. The summed E-state index contributed by atoms with van der Waals surface area (Å²) in [5, 5.41) is 8.24. The summed E-state index contributed by atoms with van der Waals surface area (Å²) in [4.78, 5) is 2.29. The molecule has 3 nitrogen and oxygen atoms in total. The van der Waals surface area contributed by atoms with Crippen molar-refractivity contribution in [3.8, 4) is 0 Å². The van der Waals surface area contributed by atoms with Crippen LogP contribution in [0.25, 0.3) is 0 Å². The Morgan fingerprint density at radius 3 is 2.45 bits per heavy atom. The third-order valence-corrected chi connectivity index (χ3v) is 4.62. The molecule has 4 heteroatoms. The summed E-state index contributed by atoms with van der Waals surface area (Å²) in [5.41, 5.74) is 9.73. The molecule has 0 saturated carbocycles. The highest BCUT2D eigenvalue weighted by Crippen LogP contribution is 2.34. The van der Waals surface area contributed by atoms with Gasteiger partial charge in [-0.1, -0.05) is 41.9 Å². The lowest BCUT2D eigenvalue weighted by molar-refractivity contribution is 0.505.